The number of nitrogens with one attached hydrogen (secondary N) is 1. The van der Waals surface area contributed by atoms with Crippen molar-refractivity contribution in [2.45, 2.75) is 33.7 Å². The summed E-state index contributed by atoms with van der Waals surface area (Å²) < 4.78 is 2.16. The molecule has 0 atom stereocenters. The molecule has 1 aliphatic heterocycles. The van der Waals surface area contributed by atoms with E-state index in [4.69, 9.17) is 0 Å². The van der Waals surface area contributed by atoms with Crippen molar-refractivity contribution in [2.75, 3.05) is 19.6 Å². The summed E-state index contributed by atoms with van der Waals surface area (Å²) in [5.41, 5.74) is 3.77. The fraction of sp³-hybridized carbons (Fsp3) is 0.400. The molecule has 3 rings (SSSR count). The van der Waals surface area contributed by atoms with Gasteiger partial charge >= 0.3 is 0 Å². The highest BCUT2D eigenvalue weighted by Crippen LogP contribution is 2.24. The van der Waals surface area contributed by atoms with E-state index in [9.17, 15) is 9.59 Å². The molecule has 1 aliphatic carbocycles. The summed E-state index contributed by atoms with van der Waals surface area (Å²) in [5.74, 6) is 0. The van der Waals surface area contributed by atoms with Crippen molar-refractivity contribution < 1.29 is 0 Å². The van der Waals surface area contributed by atoms with Crippen molar-refractivity contribution in [2.24, 2.45) is 0 Å². The molecule has 5 nitrogen and oxygen atoms in total. The minimum atomic E-state index is -0.467. The number of nitrogens with zero attached hydrogens (tertiary/aromatic N) is 2. The van der Waals surface area contributed by atoms with Crippen molar-refractivity contribution in [3.63, 3.8) is 0 Å². The van der Waals surface area contributed by atoms with Gasteiger partial charge in [0.05, 0.1) is 22.4 Å². The van der Waals surface area contributed by atoms with Gasteiger partial charge in [0.2, 0.25) is 10.9 Å². The molecule has 0 saturated heterocycles. The lowest BCUT2D eigenvalue weighted by atomic mass is 10.1. The Morgan fingerprint density at radius 1 is 1.04 bits per heavy atom. The first-order valence-electron chi connectivity index (χ1n) is 8.93. The summed E-state index contributed by atoms with van der Waals surface area (Å²) in [6.07, 6.45) is 0.988. The zero-order valence-electron chi connectivity index (χ0n) is 15.5. The van der Waals surface area contributed by atoms with Gasteiger partial charge in [-0.3, -0.25) is 9.59 Å². The van der Waals surface area contributed by atoms with Gasteiger partial charge in [-0.15, -0.1) is 12.4 Å². The molecule has 0 unspecified atom stereocenters. The Kier molecular flexibility index (Phi) is 6.62. The minimum absolute atomic E-state index is 0. The van der Waals surface area contributed by atoms with Crippen molar-refractivity contribution >= 4 is 23.4 Å². The van der Waals surface area contributed by atoms with Crippen LogP contribution in [0.1, 0.15) is 25.8 Å². The van der Waals surface area contributed by atoms with E-state index < -0.39 is 10.9 Å². The molecule has 0 fully saturated rings. The molecule has 26 heavy (non-hydrogen) atoms. The van der Waals surface area contributed by atoms with Crippen LogP contribution < -0.4 is 10.9 Å². The molecule has 1 N–H and O–H groups in total. The third-order valence-corrected chi connectivity index (χ3v) is 4.82. The second-order valence-corrected chi connectivity index (χ2v) is 6.49. The molecule has 1 heterocycles. The molecule has 0 bridgehead atoms. The predicted octanol–water partition coefficient (Wildman–Crippen LogP) is 3.26. The van der Waals surface area contributed by atoms with Gasteiger partial charge in [0.25, 0.3) is 0 Å². The third-order valence-electron chi connectivity index (χ3n) is 4.82. The van der Waals surface area contributed by atoms with Crippen molar-refractivity contribution in [1.82, 2.24) is 14.5 Å². The van der Waals surface area contributed by atoms with Crippen LogP contribution in [0.5, 0.6) is 0 Å². The number of rotatable bonds is 6. The van der Waals surface area contributed by atoms with Gasteiger partial charge in [-0.2, -0.15) is 0 Å². The molecule has 1 aromatic rings. The van der Waals surface area contributed by atoms with Crippen LogP contribution in [0.2, 0.25) is 0 Å². The minimum Gasteiger partial charge on any atom is -0.352 e. The van der Waals surface area contributed by atoms with Gasteiger partial charge in [-0.1, -0.05) is 19.9 Å². The largest absolute Gasteiger partial charge is 0.352 e. The van der Waals surface area contributed by atoms with Gasteiger partial charge < -0.3 is 14.5 Å². The van der Waals surface area contributed by atoms with E-state index in [1.807, 2.05) is 6.92 Å². The first-order chi connectivity index (χ1) is 12.0. The second-order valence-electron chi connectivity index (χ2n) is 6.49. The molecule has 6 heteroatoms. The van der Waals surface area contributed by atoms with Crippen molar-refractivity contribution in [3.05, 3.63) is 56.3 Å². The molecule has 140 valence electrons. The Morgan fingerprint density at radius 3 is 2.42 bits per heavy atom. The zero-order valence-corrected chi connectivity index (χ0v) is 16.4. The van der Waals surface area contributed by atoms with Crippen molar-refractivity contribution in [1.29, 1.82) is 0 Å². The van der Waals surface area contributed by atoms with E-state index in [2.05, 4.69) is 46.5 Å². The van der Waals surface area contributed by atoms with E-state index in [0.29, 0.717) is 5.69 Å². The van der Waals surface area contributed by atoms with E-state index >= 15 is 0 Å². The molecule has 0 amide bonds. The number of halogens is 1. The highest BCUT2D eigenvalue weighted by atomic mass is 35.5. The second kappa shape index (κ2) is 8.52. The Balaban J connectivity index is 0.00000243. The summed E-state index contributed by atoms with van der Waals surface area (Å²) in [4.78, 5) is 29.4. The smallest absolute Gasteiger partial charge is 0.227 e. The number of fused-ring (bicyclic) bond motifs is 2. The molecule has 1 aromatic carbocycles. The van der Waals surface area contributed by atoms with E-state index in [1.165, 1.54) is 12.1 Å². The van der Waals surface area contributed by atoms with E-state index in [0.717, 1.165) is 54.9 Å². The maximum atomic E-state index is 11.9. The lowest BCUT2D eigenvalue weighted by molar-refractivity contribution is 0.294. The number of aromatic amines is 1. The fourth-order valence-electron chi connectivity index (χ4n) is 3.37. The van der Waals surface area contributed by atoms with Crippen LogP contribution >= 0.6 is 12.4 Å². The number of benzene rings is 2. The zero-order chi connectivity index (χ0) is 18.0. The lowest BCUT2D eigenvalue weighted by Crippen LogP contribution is -2.26. The topological polar surface area (TPSA) is 58.1 Å². The average molecular weight is 376 g/mol. The number of hydrogen-bond donors (Lipinski definition) is 1. The van der Waals surface area contributed by atoms with Crippen LogP contribution in [0.25, 0.3) is 22.4 Å². The van der Waals surface area contributed by atoms with Gasteiger partial charge in [-0.25, -0.2) is 0 Å². The summed E-state index contributed by atoms with van der Waals surface area (Å²) in [6.45, 7) is 10.3. The molecular weight excluding hydrogens is 350 g/mol. The third kappa shape index (κ3) is 4.00. The summed E-state index contributed by atoms with van der Waals surface area (Å²) in [7, 11) is 0. The standard InChI is InChI=1S/C20H25N3O2.ClH/c1-4-22(5-2)9-6-10-23-17-8-7-14(3)11-15(17)21-16-12-19(24)20(25)13-18(16)23;/h7-8,11-13,21H,4-6,9-10H2,1-3H3;1H. The first kappa shape index (κ1) is 20.2. The quantitative estimate of drug-likeness (QED) is 0.531. The number of H-pyrrole nitrogens is 1. The fourth-order valence-corrected chi connectivity index (χ4v) is 3.37. The first-order valence-corrected chi connectivity index (χ1v) is 8.93. The van der Waals surface area contributed by atoms with Crippen LogP contribution in [0.3, 0.4) is 0 Å². The van der Waals surface area contributed by atoms with Gasteiger partial charge in [-0.05, 0) is 50.7 Å². The predicted molar refractivity (Wildman–Crippen MR) is 110 cm³/mol. The van der Waals surface area contributed by atoms with Gasteiger partial charge in [0.1, 0.15) is 0 Å². The monoisotopic (exact) mass is 375 g/mol. The van der Waals surface area contributed by atoms with E-state index in [1.54, 1.807) is 0 Å². The lowest BCUT2D eigenvalue weighted by Gasteiger charge is -2.22. The maximum Gasteiger partial charge on any atom is 0.227 e. The van der Waals surface area contributed by atoms with E-state index in [-0.39, 0.29) is 12.4 Å². The van der Waals surface area contributed by atoms with Gasteiger partial charge in [0.15, 0.2) is 0 Å². The van der Waals surface area contributed by atoms with Crippen LogP contribution in [0.15, 0.2) is 39.9 Å². The van der Waals surface area contributed by atoms with Crippen molar-refractivity contribution in [3.8, 4) is 11.4 Å². The molecule has 0 radical (unpaired) electrons. The molecule has 0 saturated carbocycles. The Hall–Kier alpha value is -2.11. The summed E-state index contributed by atoms with van der Waals surface area (Å²) in [6, 6.07) is 9.10. The van der Waals surface area contributed by atoms with Crippen LogP contribution in [-0.4, -0.2) is 34.1 Å². The molecular formula is C20H26ClN3O2. The highest BCUT2D eigenvalue weighted by Gasteiger charge is 2.14. The van der Waals surface area contributed by atoms with Crippen LogP contribution in [0.4, 0.5) is 0 Å². The highest BCUT2D eigenvalue weighted by molar-refractivity contribution is 5.85. The maximum absolute atomic E-state index is 11.9. The number of aryl methyl sites for hydroxylation is 2. The number of hydrogen-bond acceptors (Lipinski definition) is 3. The molecule has 0 spiro atoms. The van der Waals surface area contributed by atoms with Gasteiger partial charge in [0, 0.05) is 18.7 Å². The molecule has 0 aromatic heterocycles. The average Bonchev–Trinajstić information content (AvgIpc) is 2.59. The Bertz CT molecular complexity index is 973. The Morgan fingerprint density at radius 2 is 1.73 bits per heavy atom. The molecule has 2 aliphatic rings. The summed E-state index contributed by atoms with van der Waals surface area (Å²) >= 11 is 0. The van der Waals surface area contributed by atoms with Crippen LogP contribution in [0, 0.1) is 6.92 Å². The van der Waals surface area contributed by atoms with Crippen LogP contribution in [-0.2, 0) is 6.54 Å². The normalized spacial score (nSPS) is 11.2. The Labute approximate surface area is 159 Å². The summed E-state index contributed by atoms with van der Waals surface area (Å²) in [5, 5.41) is 0. The number of aromatic nitrogens is 2. The SMILES string of the molecule is CCN(CC)CCCn1c2cc(=O)c(=O)cc-2[nH]c2cc(C)ccc21.Cl.